The Morgan fingerprint density at radius 1 is 1.71 bits per heavy atom. The van der Waals surface area contributed by atoms with Gasteiger partial charge in [0.15, 0.2) is 0 Å². The van der Waals surface area contributed by atoms with Crippen molar-refractivity contribution in [3.8, 4) is 0 Å². The Morgan fingerprint density at radius 2 is 2.41 bits per heavy atom. The molecule has 0 aromatic heterocycles. The van der Waals surface area contributed by atoms with Gasteiger partial charge in [-0.15, -0.1) is 0 Å². The van der Waals surface area contributed by atoms with E-state index in [4.69, 9.17) is 4.74 Å². The number of methoxy groups -OCH3 is 1. The molecule has 0 fully saturated rings. The molecule has 0 radical (unpaired) electrons. The molecule has 1 aliphatic heterocycles. The lowest BCUT2D eigenvalue weighted by molar-refractivity contribution is -0.135. The van der Waals surface area contributed by atoms with E-state index < -0.39 is 5.97 Å². The molecule has 17 heavy (non-hydrogen) atoms. The van der Waals surface area contributed by atoms with Crippen molar-refractivity contribution < 1.29 is 19.1 Å². The van der Waals surface area contributed by atoms with Gasteiger partial charge in [0, 0.05) is 6.42 Å². The molecule has 4 nitrogen and oxygen atoms in total. The lowest BCUT2D eigenvalue weighted by Crippen LogP contribution is -2.22. The Labute approximate surface area is 101 Å². The van der Waals surface area contributed by atoms with Gasteiger partial charge in [-0.3, -0.25) is 0 Å². The first kappa shape index (κ1) is 13.4. The van der Waals surface area contributed by atoms with Gasteiger partial charge < -0.3 is 14.3 Å². The van der Waals surface area contributed by atoms with E-state index in [1.807, 2.05) is 13.0 Å². The summed E-state index contributed by atoms with van der Waals surface area (Å²) in [6, 6.07) is 0. The number of allylic oxidation sites excluding steroid dienone is 1. The van der Waals surface area contributed by atoms with E-state index in [1.165, 1.54) is 7.11 Å². The van der Waals surface area contributed by atoms with Gasteiger partial charge in [0.1, 0.15) is 6.29 Å². The van der Waals surface area contributed by atoms with Crippen molar-refractivity contribution in [3.63, 3.8) is 0 Å². The van der Waals surface area contributed by atoms with Crippen LogP contribution < -0.4 is 0 Å². The Bertz CT molecular complexity index is 390. The summed E-state index contributed by atoms with van der Waals surface area (Å²) in [4.78, 5) is 21.9. The van der Waals surface area contributed by atoms with Crippen molar-refractivity contribution in [1.82, 2.24) is 0 Å². The maximum atomic E-state index is 11.4. The van der Waals surface area contributed by atoms with Gasteiger partial charge in [0.05, 0.1) is 25.4 Å². The number of carbonyl (C=O) groups is 2. The van der Waals surface area contributed by atoms with E-state index in [0.29, 0.717) is 17.8 Å². The second-order valence-electron chi connectivity index (χ2n) is 3.62. The Balaban J connectivity index is 3.00. The Kier molecular flexibility index (Phi) is 4.84. The van der Waals surface area contributed by atoms with Gasteiger partial charge in [-0.2, -0.15) is 0 Å². The highest BCUT2D eigenvalue weighted by molar-refractivity contribution is 5.94. The van der Waals surface area contributed by atoms with Crippen LogP contribution in [0.15, 0.2) is 35.5 Å². The van der Waals surface area contributed by atoms with Crippen LogP contribution in [0.4, 0.5) is 0 Å². The number of aldehydes is 1. The van der Waals surface area contributed by atoms with Crippen LogP contribution in [0.5, 0.6) is 0 Å². The summed E-state index contributed by atoms with van der Waals surface area (Å²) in [6.45, 7) is 5.94. The molecule has 0 amide bonds. The van der Waals surface area contributed by atoms with E-state index in [1.54, 1.807) is 6.08 Å². The zero-order chi connectivity index (χ0) is 12.8. The first-order chi connectivity index (χ1) is 8.13. The van der Waals surface area contributed by atoms with Gasteiger partial charge in [-0.05, 0) is 24.1 Å². The largest absolute Gasteiger partial charge is 0.465 e. The van der Waals surface area contributed by atoms with Crippen LogP contribution in [0.25, 0.3) is 0 Å². The highest BCUT2D eigenvalue weighted by Gasteiger charge is 2.22. The quantitative estimate of drug-likeness (QED) is 0.422. The summed E-state index contributed by atoms with van der Waals surface area (Å²) in [5.41, 5.74) is 1.87. The van der Waals surface area contributed by atoms with E-state index in [0.717, 1.165) is 11.9 Å². The van der Waals surface area contributed by atoms with Crippen molar-refractivity contribution in [2.45, 2.75) is 19.4 Å². The van der Waals surface area contributed by atoms with Crippen LogP contribution in [0.1, 0.15) is 13.3 Å². The minimum Gasteiger partial charge on any atom is -0.465 e. The first-order valence-corrected chi connectivity index (χ1v) is 5.34. The molecule has 0 N–H and O–H groups in total. The number of hydrogen-bond acceptors (Lipinski definition) is 4. The van der Waals surface area contributed by atoms with Gasteiger partial charge in [0.2, 0.25) is 0 Å². The molecule has 0 aliphatic carbocycles. The van der Waals surface area contributed by atoms with Crippen molar-refractivity contribution in [3.05, 3.63) is 35.5 Å². The fourth-order valence-electron chi connectivity index (χ4n) is 1.61. The van der Waals surface area contributed by atoms with Crippen LogP contribution in [0.3, 0.4) is 0 Å². The number of rotatable bonds is 4. The second kappa shape index (κ2) is 6.15. The monoisotopic (exact) mass is 236 g/mol. The molecule has 0 aromatic carbocycles. The van der Waals surface area contributed by atoms with Gasteiger partial charge in [0.25, 0.3) is 0 Å². The van der Waals surface area contributed by atoms with E-state index >= 15 is 0 Å². The lowest BCUT2D eigenvalue weighted by Gasteiger charge is -2.23. The molecular weight excluding hydrogens is 220 g/mol. The smallest absolute Gasteiger partial charge is 0.337 e. The van der Waals surface area contributed by atoms with E-state index in [9.17, 15) is 9.59 Å². The van der Waals surface area contributed by atoms with Gasteiger partial charge in [-0.25, -0.2) is 4.79 Å². The summed E-state index contributed by atoms with van der Waals surface area (Å²) in [6.07, 6.45) is 4.37. The zero-order valence-electron chi connectivity index (χ0n) is 10.1. The molecule has 0 bridgehead atoms. The summed E-state index contributed by atoms with van der Waals surface area (Å²) in [7, 11) is 1.31. The fraction of sp³-hybridized carbons (Fsp3) is 0.385. The Morgan fingerprint density at radius 3 is 2.94 bits per heavy atom. The van der Waals surface area contributed by atoms with Crippen LogP contribution in [-0.4, -0.2) is 32.1 Å². The van der Waals surface area contributed by atoms with Crippen molar-refractivity contribution >= 4 is 12.3 Å². The maximum Gasteiger partial charge on any atom is 0.337 e. The summed E-state index contributed by atoms with van der Waals surface area (Å²) < 4.78 is 10.1. The zero-order valence-corrected chi connectivity index (χ0v) is 10.1. The third kappa shape index (κ3) is 3.14. The molecule has 1 heterocycles. The minimum atomic E-state index is -0.470. The summed E-state index contributed by atoms with van der Waals surface area (Å²) in [5, 5.41) is 0. The highest BCUT2D eigenvalue weighted by Crippen LogP contribution is 2.26. The predicted molar refractivity (Wildman–Crippen MR) is 63.4 cm³/mol. The molecule has 1 unspecified atom stereocenters. The van der Waals surface area contributed by atoms with Crippen molar-refractivity contribution in [2.75, 3.05) is 13.7 Å². The van der Waals surface area contributed by atoms with Crippen LogP contribution in [-0.2, 0) is 19.1 Å². The normalized spacial score (nSPS) is 21.9. The molecule has 4 heteroatoms. The first-order valence-electron chi connectivity index (χ1n) is 5.34. The lowest BCUT2D eigenvalue weighted by atomic mass is 9.94. The molecular formula is C13H16O4. The molecule has 0 saturated heterocycles. The standard InChI is InChI=1S/C13H16O4/c1-4-10-8-17-11(5-6-14)7-12(10)9(2)13(15)16-3/h4,6-7,11H,2,5,8H2,1,3H3. The SMILES string of the molecule is C=C(C(=O)OC)C1=CC(CC=O)OCC1=CC. The average Bonchev–Trinajstić information content (AvgIpc) is 2.37. The molecule has 1 rings (SSSR count). The number of carbonyl (C=O) groups excluding carboxylic acids is 2. The molecule has 0 aromatic rings. The van der Waals surface area contributed by atoms with Crippen molar-refractivity contribution in [2.24, 2.45) is 0 Å². The van der Waals surface area contributed by atoms with Crippen LogP contribution in [0, 0.1) is 0 Å². The van der Waals surface area contributed by atoms with Crippen molar-refractivity contribution in [1.29, 1.82) is 0 Å². The number of ether oxygens (including phenoxy) is 2. The van der Waals surface area contributed by atoms with Crippen LogP contribution in [0.2, 0.25) is 0 Å². The topological polar surface area (TPSA) is 52.6 Å². The molecule has 1 aliphatic rings. The third-order valence-corrected chi connectivity index (χ3v) is 2.59. The molecule has 92 valence electrons. The fourth-order valence-corrected chi connectivity index (χ4v) is 1.61. The Hall–Kier alpha value is -1.68. The number of esters is 1. The molecule has 0 spiro atoms. The second-order valence-corrected chi connectivity index (χ2v) is 3.62. The highest BCUT2D eigenvalue weighted by atomic mass is 16.5. The molecule has 0 saturated carbocycles. The average molecular weight is 236 g/mol. The summed E-state index contributed by atoms with van der Waals surface area (Å²) in [5.74, 6) is -0.470. The minimum absolute atomic E-state index is 0.273. The molecule has 1 atom stereocenters. The third-order valence-electron chi connectivity index (χ3n) is 2.59. The maximum absolute atomic E-state index is 11.4. The summed E-state index contributed by atoms with van der Waals surface area (Å²) >= 11 is 0. The predicted octanol–water partition coefficient (Wildman–Crippen LogP) is 1.58. The number of hydrogen-bond donors (Lipinski definition) is 0. The van der Waals surface area contributed by atoms with E-state index in [2.05, 4.69) is 11.3 Å². The van der Waals surface area contributed by atoms with E-state index in [-0.39, 0.29) is 12.5 Å². The van der Waals surface area contributed by atoms with Crippen LogP contribution >= 0.6 is 0 Å². The van der Waals surface area contributed by atoms with Gasteiger partial charge >= 0.3 is 5.97 Å². The van der Waals surface area contributed by atoms with Gasteiger partial charge in [-0.1, -0.05) is 12.7 Å².